The van der Waals surface area contributed by atoms with E-state index in [0.29, 0.717) is 6.54 Å². The molecule has 1 aromatic rings. The molecule has 0 saturated heterocycles. The summed E-state index contributed by atoms with van der Waals surface area (Å²) in [5.41, 5.74) is 7.87. The number of benzene rings is 1. The third kappa shape index (κ3) is 3.85. The van der Waals surface area contributed by atoms with Gasteiger partial charge in [-0.15, -0.1) is 0 Å². The highest BCUT2D eigenvalue weighted by molar-refractivity contribution is 5.47. The van der Waals surface area contributed by atoms with E-state index in [1.54, 1.807) is 14.2 Å². The lowest BCUT2D eigenvalue weighted by Crippen LogP contribution is -2.21. The number of hydrogen-bond donors (Lipinski definition) is 1. The highest BCUT2D eigenvalue weighted by Crippen LogP contribution is 2.36. The molecule has 0 aliphatic heterocycles. The van der Waals surface area contributed by atoms with E-state index in [0.717, 1.165) is 35.5 Å². The number of methoxy groups -OCH3 is 2. The van der Waals surface area contributed by atoms with E-state index in [2.05, 4.69) is 25.1 Å². The predicted octanol–water partition coefficient (Wildman–Crippen LogP) is 2.35. The first-order valence-corrected chi connectivity index (χ1v) is 6.64. The fourth-order valence-electron chi connectivity index (χ4n) is 2.34. The van der Waals surface area contributed by atoms with Crippen LogP contribution in [0.1, 0.15) is 30.0 Å². The maximum absolute atomic E-state index is 5.63. The molecule has 0 aliphatic carbocycles. The molecule has 0 radical (unpaired) electrons. The molecule has 19 heavy (non-hydrogen) atoms. The van der Waals surface area contributed by atoms with E-state index >= 15 is 0 Å². The Morgan fingerprint density at radius 1 is 1.16 bits per heavy atom. The molecule has 1 atom stereocenters. The third-order valence-corrected chi connectivity index (χ3v) is 3.41. The molecule has 0 aliphatic rings. The zero-order valence-electron chi connectivity index (χ0n) is 12.7. The van der Waals surface area contributed by atoms with Gasteiger partial charge in [0.25, 0.3) is 0 Å². The second kappa shape index (κ2) is 7.36. The summed E-state index contributed by atoms with van der Waals surface area (Å²) in [6.07, 6.45) is 1.99. The summed E-state index contributed by atoms with van der Waals surface area (Å²) in [6, 6.07) is 4.40. The van der Waals surface area contributed by atoms with Crippen LogP contribution in [0.2, 0.25) is 0 Å². The first-order valence-electron chi connectivity index (χ1n) is 6.64. The monoisotopic (exact) mass is 266 g/mol. The minimum absolute atomic E-state index is 0.285. The Morgan fingerprint density at radius 3 is 2.26 bits per heavy atom. The van der Waals surface area contributed by atoms with Crippen LogP contribution < -0.4 is 15.2 Å². The molecule has 4 heteroatoms. The Balaban J connectivity index is 3.19. The maximum atomic E-state index is 5.63. The standard InChI is InChI=1S/C15H26N2O2/c1-11-9-15(19-5)12(10-14(11)18-4)13(17(2)3)7-6-8-16/h9-10,13H,6-8,16H2,1-5H3. The van der Waals surface area contributed by atoms with Gasteiger partial charge in [-0.25, -0.2) is 0 Å². The number of nitrogens with two attached hydrogens (primary N) is 1. The quantitative estimate of drug-likeness (QED) is 0.823. The van der Waals surface area contributed by atoms with Crippen LogP contribution in [0.3, 0.4) is 0 Å². The average Bonchev–Trinajstić information content (AvgIpc) is 2.39. The molecule has 0 heterocycles. The summed E-state index contributed by atoms with van der Waals surface area (Å²) in [5, 5.41) is 0. The largest absolute Gasteiger partial charge is 0.496 e. The lowest BCUT2D eigenvalue weighted by Gasteiger charge is -2.27. The summed E-state index contributed by atoms with van der Waals surface area (Å²) in [5.74, 6) is 1.81. The predicted molar refractivity (Wildman–Crippen MR) is 79.0 cm³/mol. The van der Waals surface area contributed by atoms with E-state index in [9.17, 15) is 0 Å². The van der Waals surface area contributed by atoms with Gasteiger partial charge in [0.1, 0.15) is 11.5 Å². The molecule has 0 fully saturated rings. The van der Waals surface area contributed by atoms with Crippen LogP contribution in [0.25, 0.3) is 0 Å². The molecule has 0 amide bonds. The summed E-state index contributed by atoms with van der Waals surface area (Å²) < 4.78 is 10.9. The first-order chi connectivity index (χ1) is 9.04. The van der Waals surface area contributed by atoms with E-state index in [-0.39, 0.29) is 6.04 Å². The van der Waals surface area contributed by atoms with Crippen molar-refractivity contribution in [3.05, 3.63) is 23.3 Å². The number of ether oxygens (including phenoxy) is 2. The summed E-state index contributed by atoms with van der Waals surface area (Å²) in [7, 11) is 7.56. The Labute approximate surface area is 116 Å². The third-order valence-electron chi connectivity index (χ3n) is 3.41. The molecule has 0 spiro atoms. The second-order valence-corrected chi connectivity index (χ2v) is 4.97. The van der Waals surface area contributed by atoms with Crippen LogP contribution in [-0.2, 0) is 0 Å². The summed E-state index contributed by atoms with van der Waals surface area (Å²) in [4.78, 5) is 2.20. The molecular weight excluding hydrogens is 240 g/mol. The topological polar surface area (TPSA) is 47.7 Å². The molecule has 0 bridgehead atoms. The van der Waals surface area contributed by atoms with Crippen molar-refractivity contribution < 1.29 is 9.47 Å². The molecule has 108 valence electrons. The van der Waals surface area contributed by atoms with Crippen molar-refractivity contribution in [2.24, 2.45) is 5.73 Å². The Kier molecular flexibility index (Phi) is 6.12. The molecule has 1 aromatic carbocycles. The van der Waals surface area contributed by atoms with Crippen LogP contribution >= 0.6 is 0 Å². The van der Waals surface area contributed by atoms with Crippen LogP contribution in [0.15, 0.2) is 12.1 Å². The van der Waals surface area contributed by atoms with Crippen LogP contribution in [0.4, 0.5) is 0 Å². The van der Waals surface area contributed by atoms with Crippen molar-refractivity contribution in [2.75, 3.05) is 34.9 Å². The highest BCUT2D eigenvalue weighted by atomic mass is 16.5. The van der Waals surface area contributed by atoms with Crippen molar-refractivity contribution in [3.8, 4) is 11.5 Å². The smallest absolute Gasteiger partial charge is 0.124 e. The molecule has 1 rings (SSSR count). The maximum Gasteiger partial charge on any atom is 0.124 e. The number of rotatable bonds is 7. The zero-order chi connectivity index (χ0) is 14.4. The lowest BCUT2D eigenvalue weighted by molar-refractivity contribution is 0.270. The lowest BCUT2D eigenvalue weighted by atomic mass is 9.98. The number of hydrogen-bond acceptors (Lipinski definition) is 4. The normalized spacial score (nSPS) is 12.6. The number of nitrogens with zero attached hydrogens (tertiary/aromatic N) is 1. The van der Waals surface area contributed by atoms with Gasteiger partial charge >= 0.3 is 0 Å². The van der Waals surface area contributed by atoms with Crippen LogP contribution in [-0.4, -0.2) is 39.8 Å². The number of aryl methyl sites for hydroxylation is 1. The van der Waals surface area contributed by atoms with E-state index in [1.165, 1.54) is 0 Å². The first kappa shape index (κ1) is 15.8. The molecule has 0 saturated carbocycles. The Hall–Kier alpha value is -1.26. The van der Waals surface area contributed by atoms with Crippen molar-refractivity contribution in [1.29, 1.82) is 0 Å². The minimum atomic E-state index is 0.285. The summed E-state index contributed by atoms with van der Waals surface area (Å²) >= 11 is 0. The fraction of sp³-hybridized carbons (Fsp3) is 0.600. The SMILES string of the molecule is COc1cc(C(CCCN)N(C)C)c(OC)cc1C. The van der Waals surface area contributed by atoms with Gasteiger partial charge in [0.2, 0.25) is 0 Å². The van der Waals surface area contributed by atoms with Gasteiger partial charge in [-0.1, -0.05) is 0 Å². The molecule has 2 N–H and O–H groups in total. The Bertz CT molecular complexity index is 405. The molecule has 0 aromatic heterocycles. The zero-order valence-corrected chi connectivity index (χ0v) is 12.7. The van der Waals surface area contributed by atoms with Gasteiger partial charge in [0.15, 0.2) is 0 Å². The van der Waals surface area contributed by atoms with Crippen molar-refractivity contribution in [3.63, 3.8) is 0 Å². The van der Waals surface area contributed by atoms with Gasteiger partial charge in [0.05, 0.1) is 14.2 Å². The second-order valence-electron chi connectivity index (χ2n) is 4.97. The van der Waals surface area contributed by atoms with Crippen molar-refractivity contribution in [1.82, 2.24) is 4.90 Å². The van der Waals surface area contributed by atoms with Gasteiger partial charge < -0.3 is 20.1 Å². The van der Waals surface area contributed by atoms with E-state index < -0.39 is 0 Å². The Morgan fingerprint density at radius 2 is 1.79 bits per heavy atom. The van der Waals surface area contributed by atoms with Gasteiger partial charge in [-0.05, 0) is 58.1 Å². The van der Waals surface area contributed by atoms with Crippen molar-refractivity contribution in [2.45, 2.75) is 25.8 Å². The molecule has 1 unspecified atom stereocenters. The molecular formula is C15H26N2O2. The molecule has 4 nitrogen and oxygen atoms in total. The van der Waals surface area contributed by atoms with E-state index in [4.69, 9.17) is 15.2 Å². The van der Waals surface area contributed by atoms with Crippen molar-refractivity contribution >= 4 is 0 Å². The van der Waals surface area contributed by atoms with Crippen LogP contribution in [0, 0.1) is 6.92 Å². The van der Waals surface area contributed by atoms with Gasteiger partial charge in [-0.3, -0.25) is 0 Å². The van der Waals surface area contributed by atoms with Crippen LogP contribution in [0.5, 0.6) is 11.5 Å². The fourth-order valence-corrected chi connectivity index (χ4v) is 2.34. The van der Waals surface area contributed by atoms with E-state index in [1.807, 2.05) is 13.0 Å². The average molecular weight is 266 g/mol. The summed E-state index contributed by atoms with van der Waals surface area (Å²) in [6.45, 7) is 2.73. The highest BCUT2D eigenvalue weighted by Gasteiger charge is 2.20. The minimum Gasteiger partial charge on any atom is -0.496 e. The van der Waals surface area contributed by atoms with Gasteiger partial charge in [0, 0.05) is 11.6 Å². The van der Waals surface area contributed by atoms with Gasteiger partial charge in [-0.2, -0.15) is 0 Å².